The molecular weight excluding hydrogens is 238 g/mol. The van der Waals surface area contributed by atoms with Gasteiger partial charge in [-0.05, 0) is 38.3 Å². The third-order valence-electron chi connectivity index (χ3n) is 3.45. The van der Waals surface area contributed by atoms with Gasteiger partial charge in [-0.15, -0.1) is 0 Å². The molecule has 2 rings (SSSR count). The predicted octanol–water partition coefficient (Wildman–Crippen LogP) is 2.23. The molecule has 1 saturated carbocycles. The van der Waals surface area contributed by atoms with Crippen molar-refractivity contribution in [2.45, 2.75) is 35.8 Å². The minimum absolute atomic E-state index is 0.283. The van der Waals surface area contributed by atoms with Gasteiger partial charge in [0.2, 0.25) is 0 Å². The Hall–Kier alpha value is -1.36. The van der Waals surface area contributed by atoms with Crippen molar-refractivity contribution >= 4 is 15.5 Å². The second-order valence-corrected chi connectivity index (χ2v) is 6.83. The molecule has 0 aromatic heterocycles. The molecule has 0 saturated heterocycles. The van der Waals surface area contributed by atoms with Crippen LogP contribution < -0.4 is 0 Å². The van der Waals surface area contributed by atoms with Gasteiger partial charge in [0.05, 0.1) is 10.6 Å². The molecule has 0 amide bonds. The summed E-state index contributed by atoms with van der Waals surface area (Å²) in [6.07, 6.45) is 1.78. The van der Waals surface area contributed by atoms with E-state index in [9.17, 15) is 8.42 Å². The van der Waals surface area contributed by atoms with Gasteiger partial charge in [0.1, 0.15) is 4.75 Å². The van der Waals surface area contributed by atoms with Crippen molar-refractivity contribution in [3.8, 4) is 0 Å². The zero-order valence-electron chi connectivity index (χ0n) is 9.63. The van der Waals surface area contributed by atoms with Crippen LogP contribution in [0.4, 0.5) is 0 Å². The Balaban J connectivity index is 2.54. The quantitative estimate of drug-likeness (QED) is 0.649. The summed E-state index contributed by atoms with van der Waals surface area (Å²) in [5.41, 5.74) is 0.362. The van der Waals surface area contributed by atoms with Gasteiger partial charge < -0.3 is 5.21 Å². The van der Waals surface area contributed by atoms with Gasteiger partial charge in [-0.2, -0.15) is 0 Å². The largest absolute Gasteiger partial charge is 0.411 e. The number of benzene rings is 1. The van der Waals surface area contributed by atoms with Gasteiger partial charge in [-0.3, -0.25) is 0 Å². The lowest BCUT2D eigenvalue weighted by Crippen LogP contribution is -2.39. The number of oxime groups is 1. The molecule has 1 fully saturated rings. The van der Waals surface area contributed by atoms with E-state index >= 15 is 0 Å². The lowest BCUT2D eigenvalue weighted by atomic mass is 10.1. The Morgan fingerprint density at radius 3 is 2.53 bits per heavy atom. The van der Waals surface area contributed by atoms with E-state index in [2.05, 4.69) is 5.16 Å². The molecule has 1 aliphatic carbocycles. The molecule has 0 spiro atoms. The Morgan fingerprint density at radius 1 is 1.29 bits per heavy atom. The number of sulfone groups is 1. The molecule has 1 aromatic rings. The van der Waals surface area contributed by atoms with Crippen LogP contribution >= 0.6 is 0 Å². The van der Waals surface area contributed by atoms with Gasteiger partial charge in [-0.25, -0.2) is 8.42 Å². The fourth-order valence-electron chi connectivity index (χ4n) is 2.31. The molecule has 4 nitrogen and oxygen atoms in total. The van der Waals surface area contributed by atoms with E-state index in [0.717, 1.165) is 6.42 Å². The van der Waals surface area contributed by atoms with Crippen LogP contribution in [-0.2, 0) is 9.84 Å². The molecule has 1 atom stereocenters. The molecule has 0 bridgehead atoms. The molecule has 0 aliphatic heterocycles. The van der Waals surface area contributed by atoms with Gasteiger partial charge >= 0.3 is 0 Å². The van der Waals surface area contributed by atoms with Crippen molar-refractivity contribution < 1.29 is 13.6 Å². The van der Waals surface area contributed by atoms with Crippen LogP contribution in [0.3, 0.4) is 0 Å². The highest BCUT2D eigenvalue weighted by molar-refractivity contribution is 7.93. The molecular formula is C12H15NO3S. The van der Waals surface area contributed by atoms with Crippen molar-refractivity contribution in [1.82, 2.24) is 0 Å². The lowest BCUT2D eigenvalue weighted by Gasteiger charge is -2.24. The van der Waals surface area contributed by atoms with Gasteiger partial charge in [-0.1, -0.05) is 23.4 Å². The van der Waals surface area contributed by atoms with Crippen molar-refractivity contribution in [1.29, 1.82) is 0 Å². The molecule has 0 heterocycles. The van der Waals surface area contributed by atoms with E-state index in [0.29, 0.717) is 18.6 Å². The van der Waals surface area contributed by atoms with Crippen LogP contribution in [0.25, 0.3) is 0 Å². The molecule has 1 aliphatic rings. The molecule has 5 heteroatoms. The van der Waals surface area contributed by atoms with Crippen molar-refractivity contribution in [2.75, 3.05) is 0 Å². The van der Waals surface area contributed by atoms with Gasteiger partial charge in [0.25, 0.3) is 0 Å². The van der Waals surface area contributed by atoms with E-state index in [1.54, 1.807) is 37.3 Å². The summed E-state index contributed by atoms with van der Waals surface area (Å²) in [6, 6.07) is 8.32. The fourth-order valence-corrected chi connectivity index (χ4v) is 4.21. The summed E-state index contributed by atoms with van der Waals surface area (Å²) < 4.78 is 24.0. The molecule has 1 aromatic carbocycles. The standard InChI is InChI=1S/C12H15NO3S/c1-12(9-5-8-11(12)13-14)17(15,16)10-6-3-2-4-7-10/h2-4,6-7,14H,5,8-9H2,1H3/b13-11+. The summed E-state index contributed by atoms with van der Waals surface area (Å²) in [6.45, 7) is 1.64. The molecule has 17 heavy (non-hydrogen) atoms. The van der Waals surface area contributed by atoms with E-state index in [1.807, 2.05) is 0 Å². The number of rotatable bonds is 2. The van der Waals surface area contributed by atoms with Crippen molar-refractivity contribution in [3.63, 3.8) is 0 Å². The fraction of sp³-hybridized carbons (Fsp3) is 0.417. The highest BCUT2D eigenvalue weighted by Gasteiger charge is 2.48. The van der Waals surface area contributed by atoms with Crippen LogP contribution in [0, 0.1) is 0 Å². The highest BCUT2D eigenvalue weighted by atomic mass is 32.2. The first-order valence-corrected chi connectivity index (χ1v) is 7.02. The van der Waals surface area contributed by atoms with E-state index in [-0.39, 0.29) is 4.90 Å². The average molecular weight is 253 g/mol. The minimum atomic E-state index is -3.49. The first-order valence-electron chi connectivity index (χ1n) is 5.53. The normalized spacial score (nSPS) is 27.5. The Kier molecular flexibility index (Phi) is 2.95. The summed E-state index contributed by atoms with van der Waals surface area (Å²) in [5, 5.41) is 12.1. The number of hydrogen-bond acceptors (Lipinski definition) is 4. The van der Waals surface area contributed by atoms with Crippen molar-refractivity contribution in [2.24, 2.45) is 5.16 Å². The maximum atomic E-state index is 12.5. The van der Waals surface area contributed by atoms with Crippen LogP contribution in [-0.4, -0.2) is 24.1 Å². The third kappa shape index (κ3) is 1.74. The summed E-state index contributed by atoms with van der Waals surface area (Å²) in [4.78, 5) is 0.283. The molecule has 1 N–H and O–H groups in total. The maximum Gasteiger partial charge on any atom is 0.189 e. The lowest BCUT2D eigenvalue weighted by molar-refractivity contribution is 0.316. The second kappa shape index (κ2) is 4.14. The monoisotopic (exact) mass is 253 g/mol. The number of nitrogens with zero attached hydrogens (tertiary/aromatic N) is 1. The molecule has 92 valence electrons. The number of hydrogen-bond donors (Lipinski definition) is 1. The Morgan fingerprint density at radius 2 is 1.94 bits per heavy atom. The second-order valence-electron chi connectivity index (χ2n) is 4.45. The maximum absolute atomic E-state index is 12.5. The zero-order chi connectivity index (χ0) is 12.5. The van der Waals surface area contributed by atoms with E-state index in [4.69, 9.17) is 5.21 Å². The van der Waals surface area contributed by atoms with Crippen LogP contribution in [0.5, 0.6) is 0 Å². The smallest absolute Gasteiger partial charge is 0.189 e. The predicted molar refractivity (Wildman–Crippen MR) is 65.1 cm³/mol. The Labute approximate surface area is 101 Å². The van der Waals surface area contributed by atoms with Crippen LogP contribution in [0.15, 0.2) is 40.4 Å². The molecule has 0 radical (unpaired) electrons. The van der Waals surface area contributed by atoms with Gasteiger partial charge in [0.15, 0.2) is 9.84 Å². The Bertz CT molecular complexity index is 536. The minimum Gasteiger partial charge on any atom is -0.411 e. The highest BCUT2D eigenvalue weighted by Crippen LogP contribution is 2.38. The van der Waals surface area contributed by atoms with Crippen LogP contribution in [0.2, 0.25) is 0 Å². The zero-order valence-corrected chi connectivity index (χ0v) is 10.4. The SMILES string of the molecule is CC1(S(=O)(=O)c2ccccc2)CCC/C1=N\O. The van der Waals surface area contributed by atoms with Crippen molar-refractivity contribution in [3.05, 3.63) is 30.3 Å². The molecule has 1 unspecified atom stereocenters. The summed E-state index contributed by atoms with van der Waals surface area (Å²) in [5.74, 6) is 0. The summed E-state index contributed by atoms with van der Waals surface area (Å²) >= 11 is 0. The first-order chi connectivity index (χ1) is 8.02. The topological polar surface area (TPSA) is 66.7 Å². The first kappa shape index (κ1) is 12.1. The van der Waals surface area contributed by atoms with Crippen LogP contribution in [0.1, 0.15) is 26.2 Å². The van der Waals surface area contributed by atoms with E-state index < -0.39 is 14.6 Å². The van der Waals surface area contributed by atoms with E-state index in [1.165, 1.54) is 0 Å². The third-order valence-corrected chi connectivity index (χ3v) is 5.96. The van der Waals surface area contributed by atoms with Gasteiger partial charge in [0, 0.05) is 0 Å². The summed E-state index contributed by atoms with van der Waals surface area (Å²) in [7, 11) is -3.49. The average Bonchev–Trinajstić information content (AvgIpc) is 2.73.